The number of nitrogens with zero attached hydrogens (tertiary/aromatic N) is 4. The molecular formula is C40H30N4O4. The van der Waals surface area contributed by atoms with Crippen molar-refractivity contribution in [2.75, 3.05) is 9.80 Å². The van der Waals surface area contributed by atoms with E-state index in [9.17, 15) is 19.2 Å². The molecule has 6 aliphatic rings. The first-order valence-corrected chi connectivity index (χ1v) is 16.7. The van der Waals surface area contributed by atoms with Crippen molar-refractivity contribution in [2.45, 2.75) is 12.8 Å². The Bertz CT molecular complexity index is 1930. The van der Waals surface area contributed by atoms with E-state index in [0.717, 1.165) is 29.5 Å². The van der Waals surface area contributed by atoms with Gasteiger partial charge in [0.05, 0.1) is 46.4 Å². The van der Waals surface area contributed by atoms with E-state index < -0.39 is 0 Å². The maximum Gasteiger partial charge on any atom is 0.238 e. The van der Waals surface area contributed by atoms with Gasteiger partial charge in [-0.3, -0.25) is 29.0 Å². The van der Waals surface area contributed by atoms with E-state index in [0.29, 0.717) is 28.6 Å². The average molecular weight is 631 g/mol. The summed E-state index contributed by atoms with van der Waals surface area (Å²) in [5.41, 5.74) is 5.03. The highest BCUT2D eigenvalue weighted by atomic mass is 16.2. The van der Waals surface area contributed by atoms with Crippen LogP contribution in [0.4, 0.5) is 11.4 Å². The van der Waals surface area contributed by atoms with E-state index >= 15 is 0 Å². The minimum Gasteiger partial charge on any atom is -0.274 e. The summed E-state index contributed by atoms with van der Waals surface area (Å²) in [7, 11) is 0. The SMILES string of the molecule is O=C1[C@@H]2[C@H](C(=O)N1c1ccc(-c3cc(-c4ccc(N5C(=O)[C@H]6[C@H](C5=O)[C@H]5C=C[C@H]6C5)cc4)nc(-c4ccccc4)n3)cc1)[C@H]1C=C[C@H]2C1. The Kier molecular flexibility index (Phi) is 5.75. The van der Waals surface area contributed by atoms with E-state index in [1.807, 2.05) is 84.9 Å². The monoisotopic (exact) mass is 630 g/mol. The molecule has 0 unspecified atom stereocenters. The highest BCUT2D eigenvalue weighted by Gasteiger charge is 2.60. The number of allylic oxidation sites excluding steroid dienone is 4. The molecule has 48 heavy (non-hydrogen) atoms. The van der Waals surface area contributed by atoms with Crippen LogP contribution < -0.4 is 9.80 Å². The number of hydrogen-bond donors (Lipinski definition) is 0. The number of carbonyl (C=O) groups excluding carboxylic acids is 4. The molecule has 3 aromatic carbocycles. The van der Waals surface area contributed by atoms with Gasteiger partial charge in [0.1, 0.15) is 0 Å². The van der Waals surface area contributed by atoms with E-state index in [1.165, 1.54) is 9.80 Å². The Morgan fingerprint density at radius 3 is 1.21 bits per heavy atom. The second-order valence-corrected chi connectivity index (χ2v) is 13.9. The third-order valence-corrected chi connectivity index (χ3v) is 11.5. The summed E-state index contributed by atoms with van der Waals surface area (Å²) in [5, 5.41) is 0. The molecule has 234 valence electrons. The third kappa shape index (κ3) is 3.83. The quantitative estimate of drug-likeness (QED) is 0.195. The normalized spacial score (nSPS) is 30.7. The van der Waals surface area contributed by atoms with Crippen LogP contribution in [0, 0.1) is 47.3 Å². The molecule has 4 aliphatic carbocycles. The van der Waals surface area contributed by atoms with Gasteiger partial charge in [-0.15, -0.1) is 0 Å². The van der Waals surface area contributed by atoms with Gasteiger partial charge in [-0.2, -0.15) is 0 Å². The number of anilines is 2. The fourth-order valence-electron chi connectivity index (χ4n) is 9.34. The molecule has 8 heteroatoms. The first kappa shape index (κ1) is 27.6. The zero-order chi connectivity index (χ0) is 32.3. The molecule has 2 aliphatic heterocycles. The molecule has 4 amide bonds. The van der Waals surface area contributed by atoms with Crippen LogP contribution in [0.5, 0.6) is 0 Å². The summed E-state index contributed by atoms with van der Waals surface area (Å²) in [6.07, 6.45) is 10.2. The van der Waals surface area contributed by atoms with E-state index in [-0.39, 0.29) is 71.0 Å². The Balaban J connectivity index is 0.972. The van der Waals surface area contributed by atoms with Crippen LogP contribution in [-0.2, 0) is 19.2 Å². The summed E-state index contributed by atoms with van der Waals surface area (Å²) in [4.78, 5) is 66.1. The zero-order valence-electron chi connectivity index (χ0n) is 25.8. The second-order valence-electron chi connectivity index (χ2n) is 13.9. The molecule has 0 radical (unpaired) electrons. The molecule has 4 fully saturated rings. The lowest BCUT2D eigenvalue weighted by molar-refractivity contribution is -0.124. The minimum atomic E-state index is -0.245. The van der Waals surface area contributed by atoms with E-state index in [2.05, 4.69) is 24.3 Å². The van der Waals surface area contributed by atoms with Crippen molar-refractivity contribution in [3.8, 4) is 33.9 Å². The van der Waals surface area contributed by atoms with Crippen molar-refractivity contribution in [1.82, 2.24) is 9.97 Å². The van der Waals surface area contributed by atoms with Gasteiger partial charge in [0.2, 0.25) is 23.6 Å². The second kappa shape index (κ2) is 10.0. The minimum absolute atomic E-state index is 0.0988. The number of carbonyl (C=O) groups is 4. The molecule has 10 rings (SSSR count). The van der Waals surface area contributed by atoms with Gasteiger partial charge in [0.25, 0.3) is 0 Å². The predicted octanol–water partition coefficient (Wildman–Crippen LogP) is 6.10. The maximum absolute atomic E-state index is 13.4. The third-order valence-electron chi connectivity index (χ3n) is 11.5. The molecule has 2 saturated heterocycles. The number of hydrogen-bond acceptors (Lipinski definition) is 6. The predicted molar refractivity (Wildman–Crippen MR) is 179 cm³/mol. The first-order valence-electron chi connectivity index (χ1n) is 16.7. The molecule has 8 nitrogen and oxygen atoms in total. The van der Waals surface area contributed by atoms with E-state index in [4.69, 9.17) is 9.97 Å². The van der Waals surface area contributed by atoms with Gasteiger partial charge in [-0.25, -0.2) is 9.97 Å². The molecule has 0 spiro atoms. The van der Waals surface area contributed by atoms with Gasteiger partial charge in [0.15, 0.2) is 5.82 Å². The van der Waals surface area contributed by atoms with Crippen LogP contribution in [0.15, 0.2) is 109 Å². The van der Waals surface area contributed by atoms with Crippen LogP contribution in [-0.4, -0.2) is 33.6 Å². The van der Waals surface area contributed by atoms with Gasteiger partial charge in [-0.05, 0) is 66.8 Å². The number of fused-ring (bicyclic) bond motifs is 10. The van der Waals surface area contributed by atoms with Gasteiger partial charge in [-0.1, -0.05) is 78.9 Å². The fraction of sp³-hybridized carbons (Fsp3) is 0.250. The number of amides is 4. The lowest BCUT2D eigenvalue weighted by Gasteiger charge is -2.18. The zero-order valence-corrected chi connectivity index (χ0v) is 25.8. The van der Waals surface area contributed by atoms with Gasteiger partial charge >= 0.3 is 0 Å². The lowest BCUT2D eigenvalue weighted by atomic mass is 9.85. The molecule has 1 aromatic heterocycles. The molecule has 4 aromatic rings. The van der Waals surface area contributed by atoms with Crippen LogP contribution in [0.25, 0.3) is 33.9 Å². The van der Waals surface area contributed by atoms with Crippen molar-refractivity contribution in [3.05, 3.63) is 109 Å². The summed E-state index contributed by atoms with van der Waals surface area (Å²) in [6.45, 7) is 0. The Hall–Kier alpha value is -5.50. The molecule has 2 saturated carbocycles. The van der Waals surface area contributed by atoms with Crippen molar-refractivity contribution < 1.29 is 19.2 Å². The van der Waals surface area contributed by atoms with Gasteiger partial charge in [0, 0.05) is 16.7 Å². The summed E-state index contributed by atoms with van der Waals surface area (Å²) in [5.74, 6) is -0.179. The molecule has 4 bridgehead atoms. The smallest absolute Gasteiger partial charge is 0.238 e. The highest BCUT2D eigenvalue weighted by molar-refractivity contribution is 6.23. The lowest BCUT2D eigenvalue weighted by Crippen LogP contribution is -2.32. The maximum atomic E-state index is 13.4. The Morgan fingerprint density at radius 1 is 0.458 bits per heavy atom. The topological polar surface area (TPSA) is 101 Å². The van der Waals surface area contributed by atoms with Crippen molar-refractivity contribution in [3.63, 3.8) is 0 Å². The van der Waals surface area contributed by atoms with Crippen molar-refractivity contribution >= 4 is 35.0 Å². The van der Waals surface area contributed by atoms with Crippen LogP contribution in [0.2, 0.25) is 0 Å². The van der Waals surface area contributed by atoms with Crippen LogP contribution in [0.1, 0.15) is 12.8 Å². The van der Waals surface area contributed by atoms with Crippen molar-refractivity contribution in [1.29, 1.82) is 0 Å². The van der Waals surface area contributed by atoms with Crippen molar-refractivity contribution in [2.24, 2.45) is 47.3 Å². The summed E-state index contributed by atoms with van der Waals surface area (Å²) < 4.78 is 0. The number of imide groups is 2. The first-order chi connectivity index (χ1) is 23.4. The van der Waals surface area contributed by atoms with Crippen LogP contribution in [0.3, 0.4) is 0 Å². The standard InChI is InChI=1S/C40H30N4O4/c45-37-32-24-6-7-25(18-24)33(32)38(46)43(37)28-14-10-21(11-15-28)30-20-31(42-36(41-30)23-4-2-1-3-5-23)22-12-16-29(17-13-22)44-39(47)34-26-8-9-27(19-26)35(34)40(44)48/h1-17,20,24-27,32-35H,18-19H2/t24-,25-,26-,27-,32-,33+,34+,35+/m0/s1. The summed E-state index contributed by atoms with van der Waals surface area (Å²) in [6, 6.07) is 26.5. The summed E-state index contributed by atoms with van der Waals surface area (Å²) >= 11 is 0. The molecule has 3 heterocycles. The number of rotatable bonds is 5. The molecular weight excluding hydrogens is 600 g/mol. The molecule has 0 N–H and O–H groups in total. The largest absolute Gasteiger partial charge is 0.274 e. The highest BCUT2D eigenvalue weighted by Crippen LogP contribution is 2.54. The average Bonchev–Trinajstić information content (AvgIpc) is 3.98. The molecule has 8 atom stereocenters. The van der Waals surface area contributed by atoms with E-state index in [1.54, 1.807) is 0 Å². The van der Waals surface area contributed by atoms with Crippen LogP contribution >= 0.6 is 0 Å². The fourth-order valence-corrected chi connectivity index (χ4v) is 9.34. The Morgan fingerprint density at radius 2 is 0.833 bits per heavy atom. The number of benzene rings is 3. The van der Waals surface area contributed by atoms with Gasteiger partial charge < -0.3 is 0 Å². The Labute approximate surface area is 276 Å². The number of aromatic nitrogens is 2.